The summed E-state index contributed by atoms with van der Waals surface area (Å²) in [5.41, 5.74) is 0.897. The standard InChI is InChI=1S/C19H26F2N2O4/c1-2-26-18(24)16-14-25-12-10-23(16)11-13-27-17-8-4-3-6-15(17)7-5-9-22-19(20)21/h3-6,8-9,16,19,22H,2,7,10-14H2,1H3/b9-5+/t16-/m0/s1. The summed E-state index contributed by atoms with van der Waals surface area (Å²) in [6.45, 7) is 2.00. The summed E-state index contributed by atoms with van der Waals surface area (Å²) < 4.78 is 40.5. The van der Waals surface area contributed by atoms with Crippen molar-refractivity contribution in [2.24, 2.45) is 0 Å². The SMILES string of the molecule is CCOC(=O)[C@@H]1COCCN1CCOc1ccccc1C/C=C/NC(F)F. The van der Waals surface area contributed by atoms with E-state index >= 15 is 0 Å². The highest BCUT2D eigenvalue weighted by molar-refractivity contribution is 5.76. The van der Waals surface area contributed by atoms with Crippen molar-refractivity contribution in [1.29, 1.82) is 0 Å². The van der Waals surface area contributed by atoms with Crippen LogP contribution in [0.3, 0.4) is 0 Å². The van der Waals surface area contributed by atoms with Gasteiger partial charge in [-0.15, -0.1) is 0 Å². The number of ether oxygens (including phenoxy) is 3. The Kier molecular flexibility index (Phi) is 9.00. The molecule has 1 saturated heterocycles. The van der Waals surface area contributed by atoms with Gasteiger partial charge in [0.1, 0.15) is 18.4 Å². The van der Waals surface area contributed by atoms with Gasteiger partial charge in [0.2, 0.25) is 0 Å². The van der Waals surface area contributed by atoms with Crippen LogP contribution in [-0.4, -0.2) is 63.0 Å². The fourth-order valence-corrected chi connectivity index (χ4v) is 2.77. The predicted octanol–water partition coefficient (Wildman–Crippen LogP) is 2.20. The van der Waals surface area contributed by atoms with Gasteiger partial charge in [0.25, 0.3) is 0 Å². The van der Waals surface area contributed by atoms with Crippen molar-refractivity contribution in [2.75, 3.05) is 39.5 Å². The van der Waals surface area contributed by atoms with Crippen LogP contribution in [-0.2, 0) is 20.7 Å². The number of allylic oxidation sites excluding steroid dienone is 1. The first-order valence-electron chi connectivity index (χ1n) is 9.00. The van der Waals surface area contributed by atoms with Crippen molar-refractivity contribution >= 4 is 5.97 Å². The molecule has 0 radical (unpaired) electrons. The van der Waals surface area contributed by atoms with Gasteiger partial charge in [-0.05, 0) is 31.2 Å². The van der Waals surface area contributed by atoms with Crippen molar-refractivity contribution in [2.45, 2.75) is 25.9 Å². The summed E-state index contributed by atoms with van der Waals surface area (Å²) in [7, 11) is 0. The van der Waals surface area contributed by atoms with Crippen LogP contribution < -0.4 is 10.1 Å². The maximum absolute atomic E-state index is 12.1. The molecule has 0 amide bonds. The van der Waals surface area contributed by atoms with E-state index in [1.54, 1.807) is 13.0 Å². The van der Waals surface area contributed by atoms with Gasteiger partial charge in [0, 0.05) is 13.1 Å². The highest BCUT2D eigenvalue weighted by Gasteiger charge is 2.30. The third-order valence-electron chi connectivity index (χ3n) is 4.08. The van der Waals surface area contributed by atoms with Crippen LogP contribution in [0.1, 0.15) is 12.5 Å². The minimum absolute atomic E-state index is 0.283. The van der Waals surface area contributed by atoms with E-state index in [0.717, 1.165) is 5.56 Å². The lowest BCUT2D eigenvalue weighted by atomic mass is 10.1. The molecule has 27 heavy (non-hydrogen) atoms. The van der Waals surface area contributed by atoms with Crippen molar-refractivity contribution in [3.63, 3.8) is 0 Å². The molecular weight excluding hydrogens is 358 g/mol. The molecule has 0 spiro atoms. The lowest BCUT2D eigenvalue weighted by molar-refractivity contribution is -0.156. The lowest BCUT2D eigenvalue weighted by Crippen LogP contribution is -2.51. The van der Waals surface area contributed by atoms with E-state index < -0.39 is 12.6 Å². The molecule has 6 nitrogen and oxygen atoms in total. The number of nitrogens with zero attached hydrogens (tertiary/aromatic N) is 1. The van der Waals surface area contributed by atoms with Gasteiger partial charge in [0.15, 0.2) is 0 Å². The molecule has 8 heteroatoms. The van der Waals surface area contributed by atoms with Crippen molar-refractivity contribution in [3.05, 3.63) is 42.1 Å². The highest BCUT2D eigenvalue weighted by Crippen LogP contribution is 2.19. The van der Waals surface area contributed by atoms with Gasteiger partial charge in [-0.2, -0.15) is 8.78 Å². The van der Waals surface area contributed by atoms with Crippen LogP contribution in [0.2, 0.25) is 0 Å². The Morgan fingerprint density at radius 1 is 1.44 bits per heavy atom. The molecule has 1 aromatic carbocycles. The topological polar surface area (TPSA) is 60.0 Å². The molecule has 1 fully saturated rings. The maximum Gasteiger partial charge on any atom is 0.325 e. The number of nitrogens with one attached hydrogen (secondary N) is 1. The van der Waals surface area contributed by atoms with E-state index in [-0.39, 0.29) is 5.97 Å². The maximum atomic E-state index is 12.1. The Hall–Kier alpha value is -2.19. The van der Waals surface area contributed by atoms with E-state index in [2.05, 4.69) is 0 Å². The van der Waals surface area contributed by atoms with Crippen LogP contribution in [0.5, 0.6) is 5.75 Å². The summed E-state index contributed by atoms with van der Waals surface area (Å²) in [6, 6.07) is 7.04. The Labute approximate surface area is 158 Å². The first-order valence-corrected chi connectivity index (χ1v) is 9.00. The van der Waals surface area contributed by atoms with Crippen LogP contribution in [0, 0.1) is 0 Å². The minimum Gasteiger partial charge on any atom is -0.492 e. The third kappa shape index (κ3) is 7.15. The zero-order valence-electron chi connectivity index (χ0n) is 15.4. The molecule has 0 aliphatic carbocycles. The van der Waals surface area contributed by atoms with Crippen LogP contribution in [0.15, 0.2) is 36.5 Å². The van der Waals surface area contributed by atoms with Gasteiger partial charge < -0.3 is 19.5 Å². The number of morpholine rings is 1. The number of hydrogen-bond acceptors (Lipinski definition) is 6. The van der Waals surface area contributed by atoms with Gasteiger partial charge in [-0.1, -0.05) is 24.3 Å². The molecule has 0 saturated carbocycles. The average Bonchev–Trinajstić information content (AvgIpc) is 2.66. The number of rotatable bonds is 10. The van der Waals surface area contributed by atoms with Crippen LogP contribution in [0.4, 0.5) is 8.78 Å². The third-order valence-corrected chi connectivity index (χ3v) is 4.08. The molecule has 1 atom stereocenters. The molecule has 1 aromatic rings. The lowest BCUT2D eigenvalue weighted by Gasteiger charge is -2.33. The molecule has 0 unspecified atom stereocenters. The first-order chi connectivity index (χ1) is 13.1. The second-order valence-corrected chi connectivity index (χ2v) is 5.91. The quantitative estimate of drug-likeness (QED) is 0.493. The summed E-state index contributed by atoms with van der Waals surface area (Å²) in [6.07, 6.45) is 3.32. The summed E-state index contributed by atoms with van der Waals surface area (Å²) >= 11 is 0. The molecule has 1 aliphatic rings. The zero-order valence-corrected chi connectivity index (χ0v) is 15.4. The smallest absolute Gasteiger partial charge is 0.325 e. The van der Waals surface area contributed by atoms with Crippen LogP contribution >= 0.6 is 0 Å². The summed E-state index contributed by atoms with van der Waals surface area (Å²) in [4.78, 5) is 14.0. The Morgan fingerprint density at radius 3 is 3.04 bits per heavy atom. The minimum atomic E-state index is -2.58. The van der Waals surface area contributed by atoms with E-state index in [0.29, 0.717) is 51.7 Å². The number of halogens is 2. The molecule has 1 aliphatic heterocycles. The monoisotopic (exact) mass is 384 g/mol. The van der Waals surface area contributed by atoms with Crippen molar-refractivity contribution < 1.29 is 27.8 Å². The fraction of sp³-hybridized carbons (Fsp3) is 0.526. The molecule has 0 bridgehead atoms. The largest absolute Gasteiger partial charge is 0.492 e. The highest BCUT2D eigenvalue weighted by atomic mass is 19.3. The number of carbonyl (C=O) groups excluding carboxylic acids is 1. The van der Waals surface area contributed by atoms with Gasteiger partial charge in [-0.25, -0.2) is 0 Å². The van der Waals surface area contributed by atoms with E-state index in [1.807, 2.05) is 34.5 Å². The van der Waals surface area contributed by atoms with E-state index in [4.69, 9.17) is 14.2 Å². The predicted molar refractivity (Wildman–Crippen MR) is 96.7 cm³/mol. The van der Waals surface area contributed by atoms with Gasteiger partial charge >= 0.3 is 12.5 Å². The molecule has 1 heterocycles. The number of esters is 1. The number of hydrogen-bond donors (Lipinski definition) is 1. The molecular formula is C19H26F2N2O4. The van der Waals surface area contributed by atoms with Gasteiger partial charge in [-0.3, -0.25) is 9.69 Å². The van der Waals surface area contributed by atoms with Crippen molar-refractivity contribution in [1.82, 2.24) is 10.2 Å². The Bertz CT molecular complexity index is 613. The average molecular weight is 384 g/mol. The van der Waals surface area contributed by atoms with E-state index in [1.165, 1.54) is 6.20 Å². The van der Waals surface area contributed by atoms with Gasteiger partial charge in [0.05, 0.1) is 19.8 Å². The summed E-state index contributed by atoms with van der Waals surface area (Å²) in [5, 5.41) is 1.93. The van der Waals surface area contributed by atoms with Crippen LogP contribution in [0.25, 0.3) is 0 Å². The second-order valence-electron chi connectivity index (χ2n) is 5.91. The molecule has 150 valence electrons. The Balaban J connectivity index is 1.86. The Morgan fingerprint density at radius 2 is 2.26 bits per heavy atom. The number of carbonyl (C=O) groups is 1. The number of para-hydroxylation sites is 1. The normalized spacial score (nSPS) is 18.0. The second kappa shape index (κ2) is 11.5. The molecule has 1 N–H and O–H groups in total. The number of alkyl halides is 2. The fourth-order valence-electron chi connectivity index (χ4n) is 2.77. The zero-order chi connectivity index (χ0) is 19.5. The first kappa shape index (κ1) is 21.1. The van der Waals surface area contributed by atoms with E-state index in [9.17, 15) is 13.6 Å². The molecule has 0 aromatic heterocycles. The van der Waals surface area contributed by atoms with Crippen molar-refractivity contribution in [3.8, 4) is 5.75 Å². The molecule has 2 rings (SSSR count). The summed E-state index contributed by atoms with van der Waals surface area (Å²) in [5.74, 6) is 0.411. The number of benzene rings is 1.